The van der Waals surface area contributed by atoms with E-state index in [-0.39, 0.29) is 5.91 Å². The van der Waals surface area contributed by atoms with Gasteiger partial charge in [0.2, 0.25) is 0 Å². The van der Waals surface area contributed by atoms with Crippen molar-refractivity contribution in [3.8, 4) is 11.5 Å². The summed E-state index contributed by atoms with van der Waals surface area (Å²) in [5.74, 6) is 0.708. The topological polar surface area (TPSA) is 59.9 Å². The minimum Gasteiger partial charge on any atom is -0.497 e. The number of nitrogens with one attached hydrogen (secondary N) is 1. The number of amides is 1. The highest BCUT2D eigenvalue weighted by Gasteiger charge is 2.08. The molecule has 2 aromatic carbocycles. The van der Waals surface area contributed by atoms with Crippen LogP contribution >= 0.6 is 11.6 Å². The molecule has 0 saturated heterocycles. The van der Waals surface area contributed by atoms with Gasteiger partial charge in [-0.25, -0.2) is 5.43 Å². The van der Waals surface area contributed by atoms with E-state index >= 15 is 0 Å². The molecule has 0 aliphatic heterocycles. The number of benzene rings is 2. The van der Waals surface area contributed by atoms with Crippen LogP contribution in [0.5, 0.6) is 11.5 Å². The molecule has 0 fully saturated rings. The second-order valence-electron chi connectivity index (χ2n) is 4.35. The number of rotatable bonds is 5. The molecule has 0 aliphatic carbocycles. The quantitative estimate of drug-likeness (QED) is 0.680. The molecular formula is C16H15ClN2O3. The molecule has 1 N–H and O–H groups in total. The number of hydrogen-bond acceptors (Lipinski definition) is 4. The Balaban J connectivity index is 2.07. The van der Waals surface area contributed by atoms with Crippen molar-refractivity contribution >= 4 is 23.7 Å². The fourth-order valence-corrected chi connectivity index (χ4v) is 1.84. The number of methoxy groups -OCH3 is 2. The smallest absolute Gasteiger partial charge is 0.271 e. The van der Waals surface area contributed by atoms with Gasteiger partial charge < -0.3 is 9.47 Å². The maximum absolute atomic E-state index is 12.1. The molecule has 0 aliphatic rings. The van der Waals surface area contributed by atoms with Crippen LogP contribution < -0.4 is 14.9 Å². The molecule has 114 valence electrons. The third kappa shape index (κ3) is 4.23. The first kappa shape index (κ1) is 15.9. The van der Waals surface area contributed by atoms with Gasteiger partial charge in [-0.2, -0.15) is 5.10 Å². The van der Waals surface area contributed by atoms with E-state index in [0.29, 0.717) is 22.1 Å². The summed E-state index contributed by atoms with van der Waals surface area (Å²) in [5.41, 5.74) is 3.67. The van der Waals surface area contributed by atoms with Crippen LogP contribution in [-0.2, 0) is 0 Å². The standard InChI is InChI=1S/C16H15ClN2O3/c1-21-14-7-12(8-15(9-14)22-2)16(20)19-18-10-11-3-5-13(17)6-4-11/h3-10H,1-2H3,(H,19,20). The van der Waals surface area contributed by atoms with Crippen LogP contribution in [0, 0.1) is 0 Å². The zero-order valence-electron chi connectivity index (χ0n) is 12.2. The molecule has 0 bridgehead atoms. The Morgan fingerprint density at radius 1 is 1.09 bits per heavy atom. The zero-order chi connectivity index (χ0) is 15.9. The summed E-state index contributed by atoms with van der Waals surface area (Å²) in [6.45, 7) is 0. The molecular weight excluding hydrogens is 304 g/mol. The van der Waals surface area contributed by atoms with Crippen molar-refractivity contribution in [2.24, 2.45) is 5.10 Å². The van der Waals surface area contributed by atoms with E-state index in [1.165, 1.54) is 20.4 Å². The third-order valence-electron chi connectivity index (χ3n) is 2.86. The van der Waals surface area contributed by atoms with E-state index in [4.69, 9.17) is 21.1 Å². The number of halogens is 1. The van der Waals surface area contributed by atoms with E-state index in [2.05, 4.69) is 10.5 Å². The molecule has 0 radical (unpaired) electrons. The molecule has 0 saturated carbocycles. The molecule has 0 unspecified atom stereocenters. The Bertz CT molecular complexity index is 662. The van der Waals surface area contributed by atoms with Crippen molar-refractivity contribution in [1.29, 1.82) is 0 Å². The summed E-state index contributed by atoms with van der Waals surface area (Å²) in [4.78, 5) is 12.1. The average Bonchev–Trinajstić information content (AvgIpc) is 2.56. The summed E-state index contributed by atoms with van der Waals surface area (Å²) >= 11 is 5.80. The van der Waals surface area contributed by atoms with Crippen molar-refractivity contribution in [3.05, 3.63) is 58.6 Å². The van der Waals surface area contributed by atoms with Gasteiger partial charge in [-0.3, -0.25) is 4.79 Å². The van der Waals surface area contributed by atoms with Gasteiger partial charge in [0.1, 0.15) is 11.5 Å². The van der Waals surface area contributed by atoms with Crippen molar-refractivity contribution in [3.63, 3.8) is 0 Å². The van der Waals surface area contributed by atoms with E-state index in [9.17, 15) is 4.79 Å². The van der Waals surface area contributed by atoms with E-state index < -0.39 is 0 Å². The molecule has 2 aromatic rings. The molecule has 5 nitrogen and oxygen atoms in total. The summed E-state index contributed by atoms with van der Waals surface area (Å²) in [7, 11) is 3.05. The highest BCUT2D eigenvalue weighted by molar-refractivity contribution is 6.30. The molecule has 2 rings (SSSR count). The molecule has 0 spiro atoms. The van der Waals surface area contributed by atoms with Crippen LogP contribution in [-0.4, -0.2) is 26.3 Å². The number of carbonyl (C=O) groups is 1. The van der Waals surface area contributed by atoms with Gasteiger partial charge >= 0.3 is 0 Å². The van der Waals surface area contributed by atoms with Crippen molar-refractivity contribution < 1.29 is 14.3 Å². The lowest BCUT2D eigenvalue weighted by Crippen LogP contribution is -2.17. The van der Waals surface area contributed by atoms with Crippen molar-refractivity contribution in [1.82, 2.24) is 5.43 Å². The number of hydrazone groups is 1. The van der Waals surface area contributed by atoms with Crippen LogP contribution in [0.3, 0.4) is 0 Å². The maximum Gasteiger partial charge on any atom is 0.271 e. The fourth-order valence-electron chi connectivity index (χ4n) is 1.72. The molecule has 1 amide bonds. The molecule has 22 heavy (non-hydrogen) atoms. The second kappa shape index (κ2) is 7.47. The fraction of sp³-hybridized carbons (Fsp3) is 0.125. The van der Waals surface area contributed by atoms with E-state index in [1.807, 2.05) is 0 Å². The number of carbonyl (C=O) groups excluding carboxylic acids is 1. The SMILES string of the molecule is COc1cc(OC)cc(C(=O)NN=Cc2ccc(Cl)cc2)c1. The Hall–Kier alpha value is -2.53. The molecule has 0 aromatic heterocycles. The first-order chi connectivity index (χ1) is 10.6. The van der Waals surface area contributed by atoms with Gasteiger partial charge in [0.25, 0.3) is 5.91 Å². The highest BCUT2D eigenvalue weighted by atomic mass is 35.5. The Morgan fingerprint density at radius 3 is 2.23 bits per heavy atom. The number of hydrogen-bond donors (Lipinski definition) is 1. The summed E-state index contributed by atoms with van der Waals surface area (Å²) in [5, 5.41) is 4.55. The monoisotopic (exact) mass is 318 g/mol. The molecule has 0 heterocycles. The number of ether oxygens (including phenoxy) is 2. The van der Waals surface area contributed by atoms with Crippen LogP contribution in [0.15, 0.2) is 47.6 Å². The molecule has 6 heteroatoms. The Kier molecular flexibility index (Phi) is 5.38. The van der Waals surface area contributed by atoms with Gasteiger partial charge in [0, 0.05) is 16.7 Å². The van der Waals surface area contributed by atoms with Gasteiger partial charge in [0.05, 0.1) is 20.4 Å². The van der Waals surface area contributed by atoms with Crippen molar-refractivity contribution in [2.45, 2.75) is 0 Å². The van der Waals surface area contributed by atoms with Crippen LogP contribution in [0.2, 0.25) is 5.02 Å². The highest BCUT2D eigenvalue weighted by Crippen LogP contribution is 2.22. The van der Waals surface area contributed by atoms with E-state index in [0.717, 1.165) is 5.56 Å². The second-order valence-corrected chi connectivity index (χ2v) is 4.79. The minimum absolute atomic E-state index is 0.359. The lowest BCUT2D eigenvalue weighted by atomic mass is 10.2. The minimum atomic E-state index is -0.359. The number of nitrogens with zero attached hydrogens (tertiary/aromatic N) is 1. The van der Waals surface area contributed by atoms with Gasteiger partial charge in [-0.05, 0) is 29.8 Å². The lowest BCUT2D eigenvalue weighted by molar-refractivity contribution is 0.0954. The summed E-state index contributed by atoms with van der Waals surface area (Å²) in [6.07, 6.45) is 1.53. The van der Waals surface area contributed by atoms with Crippen LogP contribution in [0.25, 0.3) is 0 Å². The Labute approximate surface area is 133 Å². The van der Waals surface area contributed by atoms with Gasteiger partial charge in [-0.15, -0.1) is 0 Å². The maximum atomic E-state index is 12.1. The largest absolute Gasteiger partial charge is 0.497 e. The first-order valence-electron chi connectivity index (χ1n) is 6.44. The predicted octanol–water partition coefficient (Wildman–Crippen LogP) is 3.12. The van der Waals surface area contributed by atoms with Crippen LogP contribution in [0.4, 0.5) is 0 Å². The predicted molar refractivity (Wildman–Crippen MR) is 86.1 cm³/mol. The molecule has 0 atom stereocenters. The van der Waals surface area contributed by atoms with Gasteiger partial charge in [0.15, 0.2) is 0 Å². The third-order valence-corrected chi connectivity index (χ3v) is 3.12. The van der Waals surface area contributed by atoms with Crippen LogP contribution in [0.1, 0.15) is 15.9 Å². The summed E-state index contributed by atoms with van der Waals surface area (Å²) < 4.78 is 10.2. The zero-order valence-corrected chi connectivity index (χ0v) is 12.9. The Morgan fingerprint density at radius 2 is 1.68 bits per heavy atom. The van der Waals surface area contributed by atoms with Gasteiger partial charge in [-0.1, -0.05) is 23.7 Å². The lowest BCUT2D eigenvalue weighted by Gasteiger charge is -2.07. The van der Waals surface area contributed by atoms with E-state index in [1.54, 1.807) is 42.5 Å². The summed E-state index contributed by atoms with van der Waals surface area (Å²) in [6, 6.07) is 12.0. The first-order valence-corrected chi connectivity index (χ1v) is 6.82. The van der Waals surface area contributed by atoms with Crippen molar-refractivity contribution in [2.75, 3.05) is 14.2 Å². The normalized spacial score (nSPS) is 10.5. The average molecular weight is 319 g/mol.